The van der Waals surface area contributed by atoms with Crippen LogP contribution in [0, 0.1) is 5.82 Å². The molecule has 0 spiro atoms. The number of aryl methyl sites for hydroxylation is 1. The second kappa shape index (κ2) is 10.7. The Morgan fingerprint density at radius 2 is 1.79 bits per heavy atom. The molecule has 0 fully saturated rings. The molecule has 0 aliphatic heterocycles. The molecule has 1 aromatic rings. The highest BCUT2D eigenvalue weighted by atomic mass is 19.1. The predicted molar refractivity (Wildman–Crippen MR) is 89.8 cm³/mol. The largest absolute Gasteiger partial charge is 0.480 e. The number of aliphatic carboxylic acids is 1. The van der Waals surface area contributed by atoms with Gasteiger partial charge in [-0.1, -0.05) is 18.6 Å². The van der Waals surface area contributed by atoms with E-state index in [0.717, 1.165) is 18.4 Å². The lowest BCUT2D eigenvalue weighted by Crippen LogP contribution is -2.48. The first kappa shape index (κ1) is 20.1. The molecular weight excluding hydrogens is 313 g/mol. The van der Waals surface area contributed by atoms with E-state index in [1.54, 1.807) is 12.1 Å². The molecule has 24 heavy (non-hydrogen) atoms. The van der Waals surface area contributed by atoms with Crippen molar-refractivity contribution in [1.82, 2.24) is 5.32 Å². The Balaban J connectivity index is 2.36. The summed E-state index contributed by atoms with van der Waals surface area (Å²) in [5.41, 5.74) is 12.1. The Morgan fingerprint density at radius 1 is 1.12 bits per heavy atom. The second-order valence-electron chi connectivity index (χ2n) is 5.81. The minimum absolute atomic E-state index is 0.279. The molecule has 1 rings (SSSR count). The molecule has 7 heteroatoms. The van der Waals surface area contributed by atoms with E-state index >= 15 is 0 Å². The van der Waals surface area contributed by atoms with E-state index < -0.39 is 24.0 Å². The maximum atomic E-state index is 12.8. The number of carboxylic acids is 1. The standard InChI is InChI=1S/C17H26FN3O3/c18-13-9-7-12(8-10-13)4-1-2-6-15(17(23)24)21-16(22)14(20)5-3-11-19/h7-10,14-15H,1-6,11,19-20H2,(H,21,22)(H,23,24)/t14-,15+/m1/s1. The first-order valence-electron chi connectivity index (χ1n) is 8.17. The molecule has 0 bridgehead atoms. The third-order valence-electron chi connectivity index (χ3n) is 3.79. The number of nitrogens with one attached hydrogen (secondary N) is 1. The van der Waals surface area contributed by atoms with Crippen LogP contribution in [-0.2, 0) is 16.0 Å². The Kier molecular flexibility index (Phi) is 8.96. The molecule has 2 atom stereocenters. The summed E-state index contributed by atoms with van der Waals surface area (Å²) in [6, 6.07) is 4.53. The van der Waals surface area contributed by atoms with Crippen LogP contribution in [-0.4, -0.2) is 35.6 Å². The van der Waals surface area contributed by atoms with Gasteiger partial charge < -0.3 is 21.9 Å². The molecule has 0 aromatic heterocycles. The lowest BCUT2D eigenvalue weighted by atomic mass is 10.0. The molecule has 134 valence electrons. The van der Waals surface area contributed by atoms with E-state index in [9.17, 15) is 19.1 Å². The van der Waals surface area contributed by atoms with Gasteiger partial charge in [0.05, 0.1) is 6.04 Å². The summed E-state index contributed by atoms with van der Waals surface area (Å²) < 4.78 is 12.8. The fraction of sp³-hybridized carbons (Fsp3) is 0.529. The number of hydrogen-bond acceptors (Lipinski definition) is 4. The number of rotatable bonds is 11. The molecule has 0 saturated carbocycles. The van der Waals surface area contributed by atoms with Gasteiger partial charge in [0.2, 0.25) is 5.91 Å². The molecule has 6 nitrogen and oxygen atoms in total. The van der Waals surface area contributed by atoms with Crippen molar-refractivity contribution in [3.05, 3.63) is 35.6 Å². The van der Waals surface area contributed by atoms with Gasteiger partial charge in [0.1, 0.15) is 11.9 Å². The molecule has 0 saturated heterocycles. The summed E-state index contributed by atoms with van der Waals surface area (Å²) >= 11 is 0. The van der Waals surface area contributed by atoms with Crippen molar-refractivity contribution in [2.75, 3.05) is 6.54 Å². The van der Waals surface area contributed by atoms with Crippen LogP contribution in [0.2, 0.25) is 0 Å². The number of carbonyl (C=O) groups is 2. The summed E-state index contributed by atoms with van der Waals surface area (Å²) in [4.78, 5) is 23.1. The number of carboxylic acid groups (broad SMARTS) is 1. The number of amides is 1. The highest BCUT2D eigenvalue weighted by Crippen LogP contribution is 2.10. The molecule has 0 aliphatic rings. The van der Waals surface area contributed by atoms with Crippen LogP contribution in [0.25, 0.3) is 0 Å². The third-order valence-corrected chi connectivity index (χ3v) is 3.79. The Bertz CT molecular complexity index is 522. The van der Waals surface area contributed by atoms with Gasteiger partial charge in [-0.15, -0.1) is 0 Å². The van der Waals surface area contributed by atoms with Gasteiger partial charge in [0, 0.05) is 0 Å². The van der Waals surface area contributed by atoms with Crippen molar-refractivity contribution in [1.29, 1.82) is 0 Å². The monoisotopic (exact) mass is 339 g/mol. The minimum atomic E-state index is -1.07. The van der Waals surface area contributed by atoms with Gasteiger partial charge in [-0.3, -0.25) is 4.79 Å². The zero-order chi connectivity index (χ0) is 17.9. The van der Waals surface area contributed by atoms with Gasteiger partial charge in [0.25, 0.3) is 0 Å². The number of unbranched alkanes of at least 4 members (excludes halogenated alkanes) is 1. The van der Waals surface area contributed by atoms with E-state index in [1.807, 2.05) is 0 Å². The number of carbonyl (C=O) groups excluding carboxylic acids is 1. The van der Waals surface area contributed by atoms with Crippen LogP contribution in [0.5, 0.6) is 0 Å². The topological polar surface area (TPSA) is 118 Å². The van der Waals surface area contributed by atoms with Crippen LogP contribution < -0.4 is 16.8 Å². The fourth-order valence-electron chi connectivity index (χ4n) is 2.33. The molecule has 1 aromatic carbocycles. The van der Waals surface area contributed by atoms with Crippen molar-refractivity contribution in [2.24, 2.45) is 11.5 Å². The number of halogens is 1. The van der Waals surface area contributed by atoms with E-state index in [0.29, 0.717) is 32.2 Å². The predicted octanol–water partition coefficient (Wildman–Crippen LogP) is 1.17. The first-order chi connectivity index (χ1) is 11.4. The number of hydrogen-bond donors (Lipinski definition) is 4. The van der Waals surface area contributed by atoms with Gasteiger partial charge in [-0.2, -0.15) is 0 Å². The summed E-state index contributed by atoms with van der Waals surface area (Å²) in [5.74, 6) is -1.82. The molecule has 0 heterocycles. The van der Waals surface area contributed by atoms with E-state index in [4.69, 9.17) is 11.5 Å². The Labute approximate surface area is 141 Å². The van der Waals surface area contributed by atoms with E-state index in [1.165, 1.54) is 12.1 Å². The van der Waals surface area contributed by atoms with Crippen molar-refractivity contribution in [3.63, 3.8) is 0 Å². The molecule has 6 N–H and O–H groups in total. The highest BCUT2D eigenvalue weighted by Gasteiger charge is 2.22. The molecule has 0 unspecified atom stereocenters. The molecule has 1 amide bonds. The van der Waals surface area contributed by atoms with Gasteiger partial charge in [-0.05, 0) is 56.3 Å². The lowest BCUT2D eigenvalue weighted by Gasteiger charge is -2.17. The fourth-order valence-corrected chi connectivity index (χ4v) is 2.33. The minimum Gasteiger partial charge on any atom is -0.480 e. The second-order valence-corrected chi connectivity index (χ2v) is 5.81. The summed E-state index contributed by atoms with van der Waals surface area (Å²) in [6.07, 6.45) is 3.49. The zero-order valence-electron chi connectivity index (χ0n) is 13.7. The summed E-state index contributed by atoms with van der Waals surface area (Å²) in [7, 11) is 0. The summed E-state index contributed by atoms with van der Waals surface area (Å²) in [6.45, 7) is 0.437. The van der Waals surface area contributed by atoms with Gasteiger partial charge in [0.15, 0.2) is 0 Å². The van der Waals surface area contributed by atoms with Crippen LogP contribution in [0.3, 0.4) is 0 Å². The van der Waals surface area contributed by atoms with Crippen molar-refractivity contribution < 1.29 is 19.1 Å². The Hall–Kier alpha value is -1.99. The van der Waals surface area contributed by atoms with Crippen LogP contribution in [0.15, 0.2) is 24.3 Å². The average Bonchev–Trinajstić information content (AvgIpc) is 2.56. The molecule has 0 radical (unpaired) electrons. The van der Waals surface area contributed by atoms with Gasteiger partial charge >= 0.3 is 5.97 Å². The van der Waals surface area contributed by atoms with Crippen LogP contribution >= 0.6 is 0 Å². The quantitative estimate of drug-likeness (QED) is 0.451. The average molecular weight is 339 g/mol. The third kappa shape index (κ3) is 7.52. The van der Waals surface area contributed by atoms with Gasteiger partial charge in [-0.25, -0.2) is 9.18 Å². The summed E-state index contributed by atoms with van der Waals surface area (Å²) in [5, 5.41) is 11.7. The number of nitrogens with two attached hydrogens (primary N) is 2. The smallest absolute Gasteiger partial charge is 0.326 e. The normalized spacial score (nSPS) is 13.3. The highest BCUT2D eigenvalue weighted by molar-refractivity contribution is 5.86. The SMILES string of the molecule is NCCC[C@@H](N)C(=O)N[C@@H](CCCCc1ccc(F)cc1)C(=O)O. The Morgan fingerprint density at radius 3 is 2.38 bits per heavy atom. The zero-order valence-corrected chi connectivity index (χ0v) is 13.7. The van der Waals surface area contributed by atoms with Crippen molar-refractivity contribution >= 4 is 11.9 Å². The van der Waals surface area contributed by atoms with Crippen molar-refractivity contribution in [2.45, 2.75) is 50.6 Å². The van der Waals surface area contributed by atoms with Crippen LogP contribution in [0.1, 0.15) is 37.7 Å². The van der Waals surface area contributed by atoms with E-state index in [2.05, 4.69) is 5.32 Å². The maximum absolute atomic E-state index is 12.8. The molecular formula is C17H26FN3O3. The number of benzene rings is 1. The first-order valence-corrected chi connectivity index (χ1v) is 8.17. The maximum Gasteiger partial charge on any atom is 0.326 e. The van der Waals surface area contributed by atoms with E-state index in [-0.39, 0.29) is 5.82 Å². The molecule has 0 aliphatic carbocycles. The lowest BCUT2D eigenvalue weighted by molar-refractivity contribution is -0.142. The van der Waals surface area contributed by atoms with Crippen molar-refractivity contribution in [3.8, 4) is 0 Å². The van der Waals surface area contributed by atoms with Crippen LogP contribution in [0.4, 0.5) is 4.39 Å².